The Morgan fingerprint density at radius 3 is 2.81 bits per heavy atom. The lowest BCUT2D eigenvalue weighted by Gasteiger charge is -2.07. The first-order valence-electron chi connectivity index (χ1n) is 5.09. The van der Waals surface area contributed by atoms with Crippen LogP contribution in [-0.4, -0.2) is 4.57 Å². The summed E-state index contributed by atoms with van der Waals surface area (Å²) in [4.78, 5) is 11.9. The van der Waals surface area contributed by atoms with E-state index in [0.29, 0.717) is 5.56 Å². The molecule has 2 rings (SSSR count). The van der Waals surface area contributed by atoms with E-state index < -0.39 is 0 Å². The summed E-state index contributed by atoms with van der Waals surface area (Å²) in [5.41, 5.74) is 2.52. The van der Waals surface area contributed by atoms with Crippen LogP contribution >= 0.6 is 0 Å². The largest absolute Gasteiger partial charge is 0.311 e. The molecule has 0 radical (unpaired) electrons. The molecule has 0 saturated carbocycles. The van der Waals surface area contributed by atoms with E-state index in [0.717, 1.165) is 16.5 Å². The number of nitriles is 1. The minimum absolute atomic E-state index is 0.0853. The van der Waals surface area contributed by atoms with Crippen molar-refractivity contribution in [2.45, 2.75) is 13.3 Å². The molecule has 0 unspecified atom stereocenters. The number of hydrogen-bond acceptors (Lipinski definition) is 2. The number of aryl methyl sites for hydroxylation is 2. The van der Waals surface area contributed by atoms with E-state index in [4.69, 9.17) is 5.26 Å². The maximum absolute atomic E-state index is 11.9. The van der Waals surface area contributed by atoms with Crippen molar-refractivity contribution in [1.82, 2.24) is 4.57 Å². The summed E-state index contributed by atoms with van der Waals surface area (Å²) >= 11 is 0. The molecule has 0 amide bonds. The molecule has 1 aromatic carbocycles. The van der Waals surface area contributed by atoms with Gasteiger partial charge in [-0.3, -0.25) is 4.79 Å². The highest BCUT2D eigenvalue weighted by atomic mass is 16.1. The summed E-state index contributed by atoms with van der Waals surface area (Å²) in [7, 11) is 1.74. The lowest BCUT2D eigenvalue weighted by atomic mass is 10.1. The molecule has 16 heavy (non-hydrogen) atoms. The molecule has 0 aliphatic heterocycles. The van der Waals surface area contributed by atoms with E-state index in [1.165, 1.54) is 0 Å². The molecule has 0 fully saturated rings. The summed E-state index contributed by atoms with van der Waals surface area (Å²) in [6, 6.07) is 9.77. The zero-order valence-corrected chi connectivity index (χ0v) is 9.32. The van der Waals surface area contributed by atoms with Gasteiger partial charge in [-0.15, -0.1) is 0 Å². The fraction of sp³-hybridized carbons (Fsp3) is 0.231. The minimum Gasteiger partial charge on any atom is -0.311 e. The molecule has 1 heterocycles. The van der Waals surface area contributed by atoms with E-state index in [9.17, 15) is 4.79 Å². The van der Waals surface area contributed by atoms with E-state index >= 15 is 0 Å². The van der Waals surface area contributed by atoms with Gasteiger partial charge in [0.1, 0.15) is 0 Å². The van der Waals surface area contributed by atoms with Crippen LogP contribution in [0.5, 0.6) is 0 Å². The van der Waals surface area contributed by atoms with Gasteiger partial charge in [-0.05, 0) is 30.5 Å². The molecular weight excluding hydrogens is 200 g/mol. The molecule has 3 heteroatoms. The van der Waals surface area contributed by atoms with E-state index in [1.807, 2.05) is 37.3 Å². The molecule has 0 N–H and O–H groups in total. The highest BCUT2D eigenvalue weighted by Gasteiger charge is 2.06. The SMILES string of the molecule is Cc1ccc2c(c1)cc(CC#N)c(=O)n2C. The fourth-order valence-corrected chi connectivity index (χ4v) is 1.88. The third-order valence-corrected chi connectivity index (χ3v) is 2.72. The lowest BCUT2D eigenvalue weighted by Crippen LogP contribution is -2.21. The number of nitrogens with zero attached hydrogens (tertiary/aromatic N) is 2. The number of aromatic nitrogens is 1. The molecule has 1 aromatic heterocycles. The van der Waals surface area contributed by atoms with Gasteiger partial charge in [0, 0.05) is 12.6 Å². The Morgan fingerprint density at radius 1 is 1.38 bits per heavy atom. The van der Waals surface area contributed by atoms with Gasteiger partial charge in [0.25, 0.3) is 5.56 Å². The predicted molar refractivity (Wildman–Crippen MR) is 63.2 cm³/mol. The van der Waals surface area contributed by atoms with Crippen molar-refractivity contribution in [2.24, 2.45) is 7.05 Å². The third kappa shape index (κ3) is 1.59. The topological polar surface area (TPSA) is 45.8 Å². The second-order valence-corrected chi connectivity index (χ2v) is 3.93. The minimum atomic E-state index is -0.0853. The van der Waals surface area contributed by atoms with E-state index in [1.54, 1.807) is 11.6 Å². The molecule has 0 bridgehead atoms. The van der Waals surface area contributed by atoms with E-state index in [2.05, 4.69) is 0 Å². The lowest BCUT2D eigenvalue weighted by molar-refractivity contribution is 0.886. The van der Waals surface area contributed by atoms with Crippen LogP contribution < -0.4 is 5.56 Å². The van der Waals surface area contributed by atoms with Crippen LogP contribution in [0.4, 0.5) is 0 Å². The van der Waals surface area contributed by atoms with Gasteiger partial charge in [-0.25, -0.2) is 0 Å². The molecule has 0 spiro atoms. The first-order chi connectivity index (χ1) is 7.63. The average Bonchev–Trinajstić information content (AvgIpc) is 2.25. The van der Waals surface area contributed by atoms with Gasteiger partial charge < -0.3 is 4.57 Å². The first-order valence-corrected chi connectivity index (χ1v) is 5.09. The number of hydrogen-bond donors (Lipinski definition) is 0. The van der Waals surface area contributed by atoms with Crippen molar-refractivity contribution in [2.75, 3.05) is 0 Å². The smallest absolute Gasteiger partial charge is 0.255 e. The van der Waals surface area contributed by atoms with Gasteiger partial charge in [0.2, 0.25) is 0 Å². The highest BCUT2D eigenvalue weighted by Crippen LogP contribution is 2.15. The van der Waals surface area contributed by atoms with Gasteiger partial charge in [0.05, 0.1) is 18.0 Å². The molecule has 0 atom stereocenters. The maximum atomic E-state index is 11.9. The van der Waals surface area contributed by atoms with Gasteiger partial charge in [0.15, 0.2) is 0 Å². The van der Waals surface area contributed by atoms with Crippen LogP contribution in [0.2, 0.25) is 0 Å². The number of pyridine rings is 1. The summed E-state index contributed by atoms with van der Waals surface area (Å²) < 4.78 is 1.60. The molecule has 0 aliphatic carbocycles. The Morgan fingerprint density at radius 2 is 2.12 bits per heavy atom. The standard InChI is InChI=1S/C13H12N2O/c1-9-3-4-12-11(7-9)8-10(5-6-14)13(16)15(12)2/h3-4,7-8H,5H2,1-2H3. The van der Waals surface area contributed by atoms with Crippen molar-refractivity contribution in [3.05, 3.63) is 45.7 Å². The van der Waals surface area contributed by atoms with Crippen molar-refractivity contribution < 1.29 is 0 Å². The van der Waals surface area contributed by atoms with Crippen LogP contribution in [0.25, 0.3) is 10.9 Å². The maximum Gasteiger partial charge on any atom is 0.255 e. The molecule has 80 valence electrons. The van der Waals surface area contributed by atoms with E-state index in [-0.39, 0.29) is 12.0 Å². The van der Waals surface area contributed by atoms with Gasteiger partial charge in [-0.1, -0.05) is 11.6 Å². The Bertz CT molecular complexity index is 647. The number of rotatable bonds is 1. The van der Waals surface area contributed by atoms with Crippen LogP contribution in [0.15, 0.2) is 29.1 Å². The Kier molecular flexibility index (Phi) is 2.49. The fourth-order valence-electron chi connectivity index (χ4n) is 1.88. The Hall–Kier alpha value is -2.08. The summed E-state index contributed by atoms with van der Waals surface area (Å²) in [6.07, 6.45) is 0.163. The second-order valence-electron chi connectivity index (χ2n) is 3.93. The third-order valence-electron chi connectivity index (χ3n) is 2.72. The quantitative estimate of drug-likeness (QED) is 0.724. The highest BCUT2D eigenvalue weighted by molar-refractivity contribution is 5.80. The normalized spacial score (nSPS) is 10.3. The van der Waals surface area contributed by atoms with Crippen LogP contribution in [0, 0.1) is 18.3 Å². The number of fused-ring (bicyclic) bond motifs is 1. The Labute approximate surface area is 93.6 Å². The molecule has 2 aromatic rings. The molecule has 0 aliphatic rings. The zero-order valence-electron chi connectivity index (χ0n) is 9.32. The van der Waals surface area contributed by atoms with Gasteiger partial charge >= 0.3 is 0 Å². The van der Waals surface area contributed by atoms with Crippen LogP contribution in [0.1, 0.15) is 11.1 Å². The summed E-state index contributed by atoms with van der Waals surface area (Å²) in [5, 5.41) is 9.67. The first kappa shape index (κ1) is 10.4. The predicted octanol–water partition coefficient (Wildman–Crippen LogP) is 1.91. The van der Waals surface area contributed by atoms with Crippen LogP contribution in [0.3, 0.4) is 0 Å². The van der Waals surface area contributed by atoms with Crippen molar-refractivity contribution in [3.63, 3.8) is 0 Å². The van der Waals surface area contributed by atoms with Crippen molar-refractivity contribution >= 4 is 10.9 Å². The zero-order chi connectivity index (χ0) is 11.7. The second kappa shape index (κ2) is 3.82. The average molecular weight is 212 g/mol. The van der Waals surface area contributed by atoms with Crippen molar-refractivity contribution in [3.8, 4) is 6.07 Å². The van der Waals surface area contributed by atoms with Gasteiger partial charge in [-0.2, -0.15) is 5.26 Å². The van der Waals surface area contributed by atoms with Crippen molar-refractivity contribution in [1.29, 1.82) is 5.26 Å². The molecule has 0 saturated heterocycles. The monoisotopic (exact) mass is 212 g/mol. The molecular formula is C13H12N2O. The summed E-state index contributed by atoms with van der Waals surface area (Å²) in [6.45, 7) is 2.01. The molecule has 3 nitrogen and oxygen atoms in total. The van der Waals surface area contributed by atoms with Crippen LogP contribution in [-0.2, 0) is 13.5 Å². The summed E-state index contributed by atoms with van der Waals surface area (Å²) in [5.74, 6) is 0. The number of benzene rings is 1. The Balaban J connectivity index is 2.84.